The quantitative estimate of drug-likeness (QED) is 0.520. The molecule has 1 aromatic heterocycles. The van der Waals surface area contributed by atoms with Gasteiger partial charge in [-0.15, -0.1) is 0 Å². The first-order chi connectivity index (χ1) is 15.6. The first-order valence-electron chi connectivity index (χ1n) is 10.3. The van der Waals surface area contributed by atoms with Crippen LogP contribution in [0.25, 0.3) is 6.08 Å². The van der Waals surface area contributed by atoms with Crippen LogP contribution in [-0.2, 0) is 4.79 Å². The molecule has 0 N–H and O–H groups in total. The highest BCUT2D eigenvalue weighted by Crippen LogP contribution is 2.26. The van der Waals surface area contributed by atoms with Gasteiger partial charge in [0.15, 0.2) is 0 Å². The van der Waals surface area contributed by atoms with Crippen LogP contribution in [0.2, 0.25) is 5.02 Å². The van der Waals surface area contributed by atoms with Gasteiger partial charge in [0.05, 0.1) is 5.02 Å². The van der Waals surface area contributed by atoms with Crippen LogP contribution in [0.3, 0.4) is 0 Å². The Labute approximate surface area is 190 Å². The number of benzene rings is 2. The number of anilines is 1. The van der Waals surface area contributed by atoms with Crippen molar-refractivity contribution in [1.29, 1.82) is 0 Å². The van der Waals surface area contributed by atoms with Gasteiger partial charge in [0.1, 0.15) is 23.7 Å². The number of hydrogen-bond acceptors (Lipinski definition) is 5. The number of amides is 1. The lowest BCUT2D eigenvalue weighted by atomic mass is 10.2. The van der Waals surface area contributed by atoms with E-state index in [1.165, 1.54) is 24.5 Å². The van der Waals surface area contributed by atoms with Crippen molar-refractivity contribution in [2.75, 3.05) is 31.1 Å². The normalized spacial score (nSPS) is 14.4. The third-order valence-corrected chi connectivity index (χ3v) is 5.38. The molecule has 0 radical (unpaired) electrons. The zero-order valence-electron chi connectivity index (χ0n) is 17.3. The molecule has 4 rings (SSSR count). The second-order valence-electron chi connectivity index (χ2n) is 7.30. The number of carbonyl (C=O) groups is 1. The minimum Gasteiger partial charge on any atom is -0.439 e. The lowest BCUT2D eigenvalue weighted by molar-refractivity contribution is -0.125. The molecule has 164 valence electrons. The Morgan fingerprint density at radius 3 is 2.69 bits per heavy atom. The topological polar surface area (TPSA) is 58.6 Å². The van der Waals surface area contributed by atoms with Crippen LogP contribution in [0.5, 0.6) is 11.6 Å². The fourth-order valence-corrected chi connectivity index (χ4v) is 3.59. The van der Waals surface area contributed by atoms with Crippen LogP contribution >= 0.6 is 11.6 Å². The van der Waals surface area contributed by atoms with E-state index in [4.69, 9.17) is 16.3 Å². The Bertz CT molecular complexity index is 1110. The largest absolute Gasteiger partial charge is 0.439 e. The van der Waals surface area contributed by atoms with E-state index in [0.29, 0.717) is 37.1 Å². The lowest BCUT2D eigenvalue weighted by Crippen LogP contribution is -2.34. The molecule has 32 heavy (non-hydrogen) atoms. The number of aromatic nitrogens is 2. The molecule has 2 aromatic carbocycles. The molecule has 0 saturated carbocycles. The van der Waals surface area contributed by atoms with Gasteiger partial charge in [0.2, 0.25) is 11.8 Å². The number of hydrogen-bond donors (Lipinski definition) is 0. The summed E-state index contributed by atoms with van der Waals surface area (Å²) in [5.74, 6) is 0.914. The third-order valence-electron chi connectivity index (χ3n) is 5.09. The average Bonchev–Trinajstić information content (AvgIpc) is 3.07. The summed E-state index contributed by atoms with van der Waals surface area (Å²) in [6.07, 6.45) is 5.70. The Hall–Kier alpha value is -3.45. The number of carbonyl (C=O) groups excluding carboxylic acids is 1. The highest BCUT2D eigenvalue weighted by Gasteiger charge is 2.19. The average molecular weight is 453 g/mol. The summed E-state index contributed by atoms with van der Waals surface area (Å²) >= 11 is 5.81. The van der Waals surface area contributed by atoms with Crippen molar-refractivity contribution in [2.45, 2.75) is 6.42 Å². The zero-order valence-corrected chi connectivity index (χ0v) is 18.1. The van der Waals surface area contributed by atoms with E-state index in [9.17, 15) is 9.18 Å². The van der Waals surface area contributed by atoms with E-state index in [2.05, 4.69) is 14.9 Å². The maximum absolute atomic E-state index is 13.4. The predicted molar refractivity (Wildman–Crippen MR) is 122 cm³/mol. The van der Waals surface area contributed by atoms with E-state index in [1.54, 1.807) is 12.1 Å². The molecule has 6 nitrogen and oxygen atoms in total. The SMILES string of the molecule is O=C(/C=C/c1ccccc1)N1CCCN(c2cc(Oc3ccc(F)c(Cl)c3)ncn2)CC1. The zero-order chi connectivity index (χ0) is 22.3. The monoisotopic (exact) mass is 452 g/mol. The van der Waals surface area contributed by atoms with Crippen molar-refractivity contribution in [1.82, 2.24) is 14.9 Å². The summed E-state index contributed by atoms with van der Waals surface area (Å²) in [5.41, 5.74) is 0.994. The third kappa shape index (κ3) is 5.62. The van der Waals surface area contributed by atoms with Crippen LogP contribution < -0.4 is 9.64 Å². The van der Waals surface area contributed by atoms with Crippen LogP contribution in [0.4, 0.5) is 10.2 Å². The summed E-state index contributed by atoms with van der Waals surface area (Å²) < 4.78 is 19.1. The molecule has 0 bridgehead atoms. The molecule has 1 aliphatic heterocycles. The molecular weight excluding hydrogens is 431 g/mol. The van der Waals surface area contributed by atoms with E-state index in [-0.39, 0.29) is 10.9 Å². The minimum atomic E-state index is -0.510. The van der Waals surface area contributed by atoms with E-state index >= 15 is 0 Å². The molecule has 0 spiro atoms. The Morgan fingerprint density at radius 2 is 1.88 bits per heavy atom. The van der Waals surface area contributed by atoms with E-state index in [0.717, 1.165) is 18.5 Å². The van der Waals surface area contributed by atoms with Crippen LogP contribution in [0.1, 0.15) is 12.0 Å². The van der Waals surface area contributed by atoms with Gasteiger partial charge in [-0.3, -0.25) is 4.79 Å². The van der Waals surface area contributed by atoms with E-state index < -0.39 is 5.82 Å². The molecule has 1 aliphatic rings. The Balaban J connectivity index is 1.38. The standard InChI is InChI=1S/C24H22ClFN4O2/c25-20-15-19(8-9-21(20)26)32-23-16-22(27-17-28-23)29-11-4-12-30(14-13-29)24(31)10-7-18-5-2-1-3-6-18/h1-3,5-10,15-17H,4,11-14H2/b10-7+. The number of rotatable bonds is 5. The van der Waals surface area contributed by atoms with Crippen molar-refractivity contribution in [2.24, 2.45) is 0 Å². The first-order valence-corrected chi connectivity index (χ1v) is 10.7. The Kier molecular flexibility index (Phi) is 6.97. The maximum atomic E-state index is 13.4. The van der Waals surface area contributed by atoms with Gasteiger partial charge in [-0.1, -0.05) is 41.9 Å². The smallest absolute Gasteiger partial charge is 0.246 e. The molecule has 2 heterocycles. The van der Waals surface area contributed by atoms with Crippen LogP contribution in [-0.4, -0.2) is 47.0 Å². The second kappa shape index (κ2) is 10.2. The summed E-state index contributed by atoms with van der Waals surface area (Å²) in [4.78, 5) is 25.0. The van der Waals surface area contributed by atoms with Gasteiger partial charge in [-0.25, -0.2) is 14.4 Å². The fraction of sp³-hybridized carbons (Fsp3) is 0.208. The maximum Gasteiger partial charge on any atom is 0.246 e. The van der Waals surface area contributed by atoms with Crippen LogP contribution in [0, 0.1) is 5.82 Å². The number of halogens is 2. The van der Waals surface area contributed by atoms with Crippen molar-refractivity contribution < 1.29 is 13.9 Å². The highest BCUT2D eigenvalue weighted by molar-refractivity contribution is 6.30. The number of nitrogens with zero attached hydrogens (tertiary/aromatic N) is 4. The van der Waals surface area contributed by atoms with Gasteiger partial charge >= 0.3 is 0 Å². The predicted octanol–water partition coefficient (Wildman–Crippen LogP) is 4.81. The minimum absolute atomic E-state index is 0.00407. The fourth-order valence-electron chi connectivity index (χ4n) is 3.42. The van der Waals surface area contributed by atoms with Gasteiger partial charge in [0.25, 0.3) is 0 Å². The van der Waals surface area contributed by atoms with Crippen molar-refractivity contribution in [3.05, 3.63) is 83.4 Å². The van der Waals surface area contributed by atoms with Crippen LogP contribution in [0.15, 0.2) is 67.0 Å². The molecule has 3 aromatic rings. The molecular formula is C24H22ClFN4O2. The summed E-state index contributed by atoms with van der Waals surface area (Å²) in [6.45, 7) is 2.66. The van der Waals surface area contributed by atoms with Crippen molar-refractivity contribution in [3.8, 4) is 11.6 Å². The van der Waals surface area contributed by atoms with E-state index in [1.807, 2.05) is 41.3 Å². The highest BCUT2D eigenvalue weighted by atomic mass is 35.5. The molecule has 0 atom stereocenters. The summed E-state index contributed by atoms with van der Waals surface area (Å²) in [6, 6.07) is 15.6. The van der Waals surface area contributed by atoms with Gasteiger partial charge in [-0.05, 0) is 30.2 Å². The van der Waals surface area contributed by atoms with Gasteiger partial charge in [-0.2, -0.15) is 0 Å². The number of ether oxygens (including phenoxy) is 1. The van der Waals surface area contributed by atoms with Gasteiger partial charge < -0.3 is 14.5 Å². The summed E-state index contributed by atoms with van der Waals surface area (Å²) in [7, 11) is 0. The molecule has 0 unspecified atom stereocenters. The lowest BCUT2D eigenvalue weighted by Gasteiger charge is -2.22. The second-order valence-corrected chi connectivity index (χ2v) is 7.71. The van der Waals surface area contributed by atoms with Crippen molar-refractivity contribution in [3.63, 3.8) is 0 Å². The molecule has 8 heteroatoms. The van der Waals surface area contributed by atoms with Crippen molar-refractivity contribution >= 4 is 29.4 Å². The first kappa shape index (κ1) is 21.8. The summed E-state index contributed by atoms with van der Waals surface area (Å²) in [5, 5.41) is -0.0182. The van der Waals surface area contributed by atoms with Gasteiger partial charge in [0, 0.05) is 44.4 Å². The molecule has 0 aliphatic carbocycles. The Morgan fingerprint density at radius 1 is 1.03 bits per heavy atom. The molecule has 1 amide bonds. The molecule has 1 saturated heterocycles. The molecule has 1 fully saturated rings.